The van der Waals surface area contributed by atoms with Crippen molar-refractivity contribution in [2.45, 2.75) is 26.2 Å². The Morgan fingerprint density at radius 2 is 1.83 bits per heavy atom. The molecule has 2 aromatic rings. The molecule has 1 heterocycles. The van der Waals surface area contributed by atoms with Gasteiger partial charge in [0.05, 0.1) is 35.7 Å². The molecule has 3 rings (SSSR count). The molecule has 0 saturated heterocycles. The van der Waals surface area contributed by atoms with Gasteiger partial charge in [-0.1, -0.05) is 42.5 Å². The Morgan fingerprint density at radius 3 is 2.46 bits per heavy atom. The maximum absolute atomic E-state index is 13.2. The number of non-ortho nitro benzene ring substituents is 1. The molecular formula is C26H26N2O7. The fourth-order valence-electron chi connectivity index (χ4n) is 3.96. The molecule has 1 atom stereocenters. The number of benzene rings is 2. The lowest BCUT2D eigenvalue weighted by Gasteiger charge is -2.31. The first-order chi connectivity index (χ1) is 16.8. The number of carbonyl (C=O) groups is 2. The normalized spacial score (nSPS) is 16.0. The van der Waals surface area contributed by atoms with Crippen LogP contribution in [0, 0.1) is 10.1 Å². The molecule has 0 fully saturated rings. The molecule has 0 bridgehead atoms. The van der Waals surface area contributed by atoms with E-state index in [-0.39, 0.29) is 35.6 Å². The van der Waals surface area contributed by atoms with E-state index in [1.54, 1.807) is 44.2 Å². The summed E-state index contributed by atoms with van der Waals surface area (Å²) in [5.74, 6) is -2.34. The SMILES string of the molecule is CCOC(=O)C1=C(C/C=C(\O)c2ccccc2)NC(C)=C(C(=O)OC)C1c1cccc([N+](=O)[O-])c1. The van der Waals surface area contributed by atoms with Crippen molar-refractivity contribution in [2.24, 2.45) is 0 Å². The van der Waals surface area contributed by atoms with Crippen molar-refractivity contribution in [1.82, 2.24) is 5.32 Å². The summed E-state index contributed by atoms with van der Waals surface area (Å²) in [6.45, 7) is 3.39. The highest BCUT2D eigenvalue weighted by Crippen LogP contribution is 2.41. The molecule has 35 heavy (non-hydrogen) atoms. The van der Waals surface area contributed by atoms with E-state index in [0.29, 0.717) is 22.5 Å². The van der Waals surface area contributed by atoms with E-state index in [1.807, 2.05) is 6.07 Å². The fraction of sp³-hybridized carbons (Fsp3) is 0.231. The predicted octanol–water partition coefficient (Wildman–Crippen LogP) is 4.54. The molecule has 2 aromatic carbocycles. The lowest BCUT2D eigenvalue weighted by atomic mass is 9.79. The number of methoxy groups -OCH3 is 1. The van der Waals surface area contributed by atoms with Gasteiger partial charge in [0.25, 0.3) is 5.69 Å². The van der Waals surface area contributed by atoms with Gasteiger partial charge in [0, 0.05) is 35.5 Å². The standard InChI is InChI=1S/C26H26N2O7/c1-4-35-26(31)24-20(13-14-21(29)17-9-6-5-7-10-17)27-16(2)22(25(30)34-3)23(24)18-11-8-12-19(15-18)28(32)33/h5-12,14-15,23,27,29H,4,13H2,1-3H3/b21-14-. The number of aliphatic hydroxyl groups is 1. The van der Waals surface area contributed by atoms with Crippen LogP contribution in [0.15, 0.2) is 83.2 Å². The summed E-state index contributed by atoms with van der Waals surface area (Å²) in [6.07, 6.45) is 1.64. The van der Waals surface area contributed by atoms with Crippen molar-refractivity contribution < 1.29 is 29.1 Å². The highest BCUT2D eigenvalue weighted by molar-refractivity contribution is 6.00. The van der Waals surface area contributed by atoms with Crippen LogP contribution >= 0.6 is 0 Å². The van der Waals surface area contributed by atoms with Crippen LogP contribution in [0.3, 0.4) is 0 Å². The zero-order chi connectivity index (χ0) is 25.5. The number of nitro benzene ring substituents is 1. The number of carbonyl (C=O) groups excluding carboxylic acids is 2. The van der Waals surface area contributed by atoms with Gasteiger partial charge < -0.3 is 19.9 Å². The molecule has 0 amide bonds. The van der Waals surface area contributed by atoms with Crippen molar-refractivity contribution in [3.05, 3.63) is 104 Å². The Labute approximate surface area is 202 Å². The molecule has 0 saturated carbocycles. The minimum Gasteiger partial charge on any atom is -0.508 e. The van der Waals surface area contributed by atoms with Crippen LogP contribution in [0.25, 0.3) is 5.76 Å². The third-order valence-electron chi connectivity index (χ3n) is 5.53. The van der Waals surface area contributed by atoms with E-state index in [0.717, 1.165) is 0 Å². The molecule has 1 unspecified atom stereocenters. The zero-order valence-corrected chi connectivity index (χ0v) is 19.6. The third-order valence-corrected chi connectivity index (χ3v) is 5.53. The van der Waals surface area contributed by atoms with Crippen LogP contribution < -0.4 is 5.32 Å². The highest BCUT2D eigenvalue weighted by atomic mass is 16.6. The number of ether oxygens (including phenoxy) is 2. The molecular weight excluding hydrogens is 452 g/mol. The van der Waals surface area contributed by atoms with Crippen molar-refractivity contribution in [2.75, 3.05) is 13.7 Å². The van der Waals surface area contributed by atoms with Crippen LogP contribution in [-0.2, 0) is 19.1 Å². The van der Waals surface area contributed by atoms with Crippen molar-refractivity contribution >= 4 is 23.4 Å². The first-order valence-electron chi connectivity index (χ1n) is 10.9. The molecule has 9 heteroatoms. The predicted molar refractivity (Wildman–Crippen MR) is 129 cm³/mol. The highest BCUT2D eigenvalue weighted by Gasteiger charge is 2.39. The van der Waals surface area contributed by atoms with E-state index in [4.69, 9.17) is 9.47 Å². The second-order valence-corrected chi connectivity index (χ2v) is 7.71. The Balaban J connectivity index is 2.19. The quantitative estimate of drug-likeness (QED) is 0.245. The van der Waals surface area contributed by atoms with Crippen molar-refractivity contribution in [3.8, 4) is 0 Å². The van der Waals surface area contributed by atoms with Crippen LogP contribution in [0.2, 0.25) is 0 Å². The third kappa shape index (κ3) is 5.57. The Morgan fingerprint density at radius 1 is 1.11 bits per heavy atom. The summed E-state index contributed by atoms with van der Waals surface area (Å²) < 4.78 is 10.3. The summed E-state index contributed by atoms with van der Waals surface area (Å²) >= 11 is 0. The Bertz CT molecular complexity index is 1230. The summed E-state index contributed by atoms with van der Waals surface area (Å²) in [5.41, 5.74) is 1.83. The molecule has 1 aliphatic heterocycles. The lowest BCUT2D eigenvalue weighted by molar-refractivity contribution is -0.384. The van der Waals surface area contributed by atoms with Crippen molar-refractivity contribution in [1.29, 1.82) is 0 Å². The van der Waals surface area contributed by atoms with E-state index in [9.17, 15) is 24.8 Å². The van der Waals surface area contributed by atoms with Crippen LogP contribution in [-0.4, -0.2) is 35.7 Å². The summed E-state index contributed by atoms with van der Waals surface area (Å²) in [7, 11) is 1.22. The smallest absolute Gasteiger partial charge is 0.336 e. The number of hydrogen-bond acceptors (Lipinski definition) is 8. The zero-order valence-electron chi connectivity index (χ0n) is 19.6. The topological polar surface area (TPSA) is 128 Å². The summed E-state index contributed by atoms with van der Waals surface area (Å²) in [4.78, 5) is 36.8. The maximum atomic E-state index is 13.2. The lowest BCUT2D eigenvalue weighted by Crippen LogP contribution is -2.33. The average molecular weight is 479 g/mol. The van der Waals surface area contributed by atoms with Gasteiger partial charge in [-0.3, -0.25) is 10.1 Å². The van der Waals surface area contributed by atoms with E-state index >= 15 is 0 Å². The monoisotopic (exact) mass is 478 g/mol. The number of dihydropyridines is 1. The van der Waals surface area contributed by atoms with E-state index in [2.05, 4.69) is 5.32 Å². The maximum Gasteiger partial charge on any atom is 0.336 e. The molecule has 0 aromatic heterocycles. The van der Waals surface area contributed by atoms with Gasteiger partial charge in [0.15, 0.2) is 0 Å². The number of aliphatic hydroxyl groups excluding tert-OH is 1. The summed E-state index contributed by atoms with van der Waals surface area (Å²) in [6, 6.07) is 14.6. The number of nitro groups is 1. The minimum atomic E-state index is -0.982. The Hall–Kier alpha value is -4.40. The second-order valence-electron chi connectivity index (χ2n) is 7.71. The van der Waals surface area contributed by atoms with Crippen LogP contribution in [0.4, 0.5) is 5.69 Å². The number of nitrogens with zero attached hydrogens (tertiary/aromatic N) is 1. The average Bonchev–Trinajstić information content (AvgIpc) is 2.86. The molecule has 182 valence electrons. The first kappa shape index (κ1) is 25.2. The van der Waals surface area contributed by atoms with Crippen LogP contribution in [0.1, 0.15) is 37.3 Å². The number of hydrogen-bond donors (Lipinski definition) is 2. The van der Waals surface area contributed by atoms with Gasteiger partial charge in [-0.25, -0.2) is 9.59 Å². The van der Waals surface area contributed by atoms with Gasteiger partial charge in [0.1, 0.15) is 5.76 Å². The fourth-order valence-corrected chi connectivity index (χ4v) is 3.96. The molecule has 1 aliphatic rings. The van der Waals surface area contributed by atoms with Gasteiger partial charge in [0.2, 0.25) is 0 Å². The van der Waals surface area contributed by atoms with Gasteiger partial charge in [-0.15, -0.1) is 0 Å². The second kappa shape index (κ2) is 11.1. The van der Waals surface area contributed by atoms with Gasteiger partial charge in [-0.05, 0) is 25.5 Å². The van der Waals surface area contributed by atoms with Gasteiger partial charge in [-0.2, -0.15) is 0 Å². The first-order valence-corrected chi connectivity index (χ1v) is 10.9. The molecule has 0 aliphatic carbocycles. The summed E-state index contributed by atoms with van der Waals surface area (Å²) in [5, 5.41) is 25.0. The molecule has 0 spiro atoms. The number of rotatable bonds is 8. The Kier molecular flexibility index (Phi) is 8.04. The van der Waals surface area contributed by atoms with Crippen LogP contribution in [0.5, 0.6) is 0 Å². The number of allylic oxidation sites excluding steroid dienone is 2. The van der Waals surface area contributed by atoms with E-state index in [1.165, 1.54) is 31.4 Å². The van der Waals surface area contributed by atoms with Crippen molar-refractivity contribution in [3.63, 3.8) is 0 Å². The minimum absolute atomic E-state index is 0.00963. The molecule has 0 radical (unpaired) electrons. The van der Waals surface area contributed by atoms with Gasteiger partial charge >= 0.3 is 11.9 Å². The van der Waals surface area contributed by atoms with E-state index < -0.39 is 22.8 Å². The number of esters is 2. The largest absolute Gasteiger partial charge is 0.508 e. The number of nitrogens with one attached hydrogen (secondary N) is 1. The molecule has 9 nitrogen and oxygen atoms in total. The molecule has 2 N–H and O–H groups in total.